The molecule has 0 bridgehead atoms. The van der Waals surface area contributed by atoms with Crippen molar-refractivity contribution in [2.24, 2.45) is 7.05 Å². The molecule has 2 aliphatic rings. The monoisotopic (exact) mass is 348 g/mol. The summed E-state index contributed by atoms with van der Waals surface area (Å²) < 4.78 is 1.71. The molecular formula is C19H32N4O2. The maximum absolute atomic E-state index is 12.5. The third-order valence-electron chi connectivity index (χ3n) is 5.71. The van der Waals surface area contributed by atoms with Gasteiger partial charge in [0.05, 0.1) is 16.9 Å². The number of rotatable bonds is 5. The molecule has 0 spiro atoms. The molecule has 25 heavy (non-hydrogen) atoms. The van der Waals surface area contributed by atoms with E-state index in [1.165, 1.54) is 6.42 Å². The van der Waals surface area contributed by atoms with Gasteiger partial charge in [0.15, 0.2) is 0 Å². The normalized spacial score (nSPS) is 22.0. The molecule has 1 aromatic heterocycles. The smallest absolute Gasteiger partial charge is 0.254 e. The summed E-state index contributed by atoms with van der Waals surface area (Å²) in [7, 11) is 1.85. The highest BCUT2D eigenvalue weighted by atomic mass is 16.3. The summed E-state index contributed by atoms with van der Waals surface area (Å²) in [6.07, 6.45) is 9.89. The first kappa shape index (κ1) is 18.4. The van der Waals surface area contributed by atoms with Gasteiger partial charge in [-0.25, -0.2) is 0 Å². The standard InChI is InChI=1S/C19H32N4O2/c1-3-17-16(13-22(2)21-17)18(24)20-15-7-11-23(12-8-15)14-19(25)9-5-4-6-10-19/h13,15,25H,3-12,14H2,1-2H3,(H,20,24). The van der Waals surface area contributed by atoms with Crippen LogP contribution in [0.1, 0.15) is 67.9 Å². The van der Waals surface area contributed by atoms with Crippen molar-refractivity contribution in [1.29, 1.82) is 0 Å². The van der Waals surface area contributed by atoms with Crippen LogP contribution in [0.4, 0.5) is 0 Å². The summed E-state index contributed by atoms with van der Waals surface area (Å²) in [5, 5.41) is 18.2. The average molecular weight is 348 g/mol. The van der Waals surface area contributed by atoms with Gasteiger partial charge in [0.2, 0.25) is 0 Å². The lowest BCUT2D eigenvalue weighted by Crippen LogP contribution is -2.50. The molecule has 2 fully saturated rings. The zero-order valence-electron chi connectivity index (χ0n) is 15.6. The molecule has 1 amide bonds. The minimum atomic E-state index is -0.486. The van der Waals surface area contributed by atoms with E-state index in [0.29, 0.717) is 5.56 Å². The predicted molar refractivity (Wildman–Crippen MR) is 97.5 cm³/mol. The van der Waals surface area contributed by atoms with Gasteiger partial charge >= 0.3 is 0 Å². The van der Waals surface area contributed by atoms with E-state index in [-0.39, 0.29) is 11.9 Å². The molecule has 0 atom stereocenters. The van der Waals surface area contributed by atoms with Crippen LogP contribution in [0.3, 0.4) is 0 Å². The SMILES string of the molecule is CCc1nn(C)cc1C(=O)NC1CCN(CC2(O)CCCCC2)CC1. The van der Waals surface area contributed by atoms with Gasteiger partial charge in [0, 0.05) is 38.9 Å². The third-order valence-corrected chi connectivity index (χ3v) is 5.71. The van der Waals surface area contributed by atoms with Crippen LogP contribution in [0, 0.1) is 0 Å². The van der Waals surface area contributed by atoms with E-state index in [9.17, 15) is 9.90 Å². The number of β-amino-alcohol motifs (C(OH)–C–C–N with tert-alkyl or cyclic N) is 1. The van der Waals surface area contributed by atoms with E-state index in [1.807, 2.05) is 20.2 Å². The molecule has 2 N–H and O–H groups in total. The summed E-state index contributed by atoms with van der Waals surface area (Å²) in [5.74, 6) is -0.00527. The molecule has 1 aliphatic heterocycles. The van der Waals surface area contributed by atoms with Crippen LogP contribution in [0.15, 0.2) is 6.20 Å². The van der Waals surface area contributed by atoms with E-state index in [4.69, 9.17) is 0 Å². The van der Waals surface area contributed by atoms with Gasteiger partial charge in [-0.05, 0) is 32.1 Å². The fourth-order valence-electron chi connectivity index (χ4n) is 4.27. The van der Waals surface area contributed by atoms with Gasteiger partial charge in [-0.1, -0.05) is 26.2 Å². The maximum Gasteiger partial charge on any atom is 0.254 e. The molecule has 2 heterocycles. The number of carbonyl (C=O) groups is 1. The van der Waals surface area contributed by atoms with Crippen molar-refractivity contribution < 1.29 is 9.90 Å². The molecule has 140 valence electrons. The van der Waals surface area contributed by atoms with E-state index in [2.05, 4.69) is 15.3 Å². The Morgan fingerprint density at radius 1 is 1.32 bits per heavy atom. The topological polar surface area (TPSA) is 70.4 Å². The Hall–Kier alpha value is -1.40. The van der Waals surface area contributed by atoms with Crippen molar-refractivity contribution in [3.8, 4) is 0 Å². The van der Waals surface area contributed by atoms with Gasteiger partial charge in [0.1, 0.15) is 0 Å². The summed E-state index contributed by atoms with van der Waals surface area (Å²) in [5.41, 5.74) is 1.07. The average Bonchev–Trinajstić information content (AvgIpc) is 2.98. The van der Waals surface area contributed by atoms with Crippen LogP contribution in [-0.4, -0.2) is 57.0 Å². The van der Waals surface area contributed by atoms with Gasteiger partial charge in [-0.2, -0.15) is 5.10 Å². The first-order valence-corrected chi connectivity index (χ1v) is 9.77. The lowest BCUT2D eigenvalue weighted by atomic mass is 9.84. The zero-order valence-corrected chi connectivity index (χ0v) is 15.6. The van der Waals surface area contributed by atoms with Crippen molar-refractivity contribution in [1.82, 2.24) is 20.0 Å². The molecule has 0 aromatic carbocycles. The highest BCUT2D eigenvalue weighted by Crippen LogP contribution is 2.29. The van der Waals surface area contributed by atoms with Crippen molar-refractivity contribution in [3.63, 3.8) is 0 Å². The summed E-state index contributed by atoms with van der Waals surface area (Å²) >= 11 is 0. The van der Waals surface area contributed by atoms with Crippen LogP contribution < -0.4 is 5.32 Å². The minimum absolute atomic E-state index is 0.00527. The highest BCUT2D eigenvalue weighted by Gasteiger charge is 2.33. The second-order valence-corrected chi connectivity index (χ2v) is 7.83. The summed E-state index contributed by atoms with van der Waals surface area (Å²) in [6.45, 7) is 4.70. The Bertz CT molecular complexity index is 584. The number of aryl methyl sites for hydroxylation is 2. The van der Waals surface area contributed by atoms with Gasteiger partial charge in [-0.3, -0.25) is 9.48 Å². The van der Waals surface area contributed by atoms with E-state index in [0.717, 1.165) is 70.3 Å². The van der Waals surface area contributed by atoms with E-state index < -0.39 is 5.60 Å². The lowest BCUT2D eigenvalue weighted by Gasteiger charge is -2.40. The second kappa shape index (κ2) is 7.87. The Morgan fingerprint density at radius 3 is 2.64 bits per heavy atom. The first-order valence-electron chi connectivity index (χ1n) is 9.77. The van der Waals surface area contributed by atoms with Crippen molar-refractivity contribution in [3.05, 3.63) is 17.5 Å². The molecule has 3 rings (SSSR count). The number of hydrogen-bond donors (Lipinski definition) is 2. The second-order valence-electron chi connectivity index (χ2n) is 7.83. The first-order chi connectivity index (χ1) is 12.0. The Labute approximate surface area is 150 Å². The summed E-state index contributed by atoms with van der Waals surface area (Å²) in [6, 6.07) is 0.217. The number of amides is 1. The van der Waals surface area contributed by atoms with Gasteiger partial charge in [-0.15, -0.1) is 0 Å². The number of likely N-dealkylation sites (tertiary alicyclic amines) is 1. The maximum atomic E-state index is 12.5. The van der Waals surface area contributed by atoms with E-state index >= 15 is 0 Å². The Balaban J connectivity index is 1.48. The van der Waals surface area contributed by atoms with Crippen LogP contribution in [0.5, 0.6) is 0 Å². The Kier molecular flexibility index (Phi) is 5.79. The number of nitrogens with zero attached hydrogens (tertiary/aromatic N) is 3. The predicted octanol–water partition coefficient (Wildman–Crippen LogP) is 1.87. The van der Waals surface area contributed by atoms with Crippen LogP contribution in [-0.2, 0) is 13.5 Å². The quantitative estimate of drug-likeness (QED) is 0.852. The largest absolute Gasteiger partial charge is 0.389 e. The zero-order chi connectivity index (χ0) is 17.9. The molecule has 6 nitrogen and oxygen atoms in total. The van der Waals surface area contributed by atoms with Gasteiger partial charge < -0.3 is 15.3 Å². The molecule has 1 aliphatic carbocycles. The van der Waals surface area contributed by atoms with Crippen molar-refractivity contribution in [2.45, 2.75) is 69.9 Å². The lowest BCUT2D eigenvalue weighted by molar-refractivity contribution is -0.0312. The molecule has 6 heteroatoms. The fourth-order valence-corrected chi connectivity index (χ4v) is 4.27. The van der Waals surface area contributed by atoms with Crippen molar-refractivity contribution >= 4 is 5.91 Å². The number of aliphatic hydroxyl groups is 1. The van der Waals surface area contributed by atoms with Crippen molar-refractivity contribution in [2.75, 3.05) is 19.6 Å². The number of nitrogens with one attached hydrogen (secondary N) is 1. The van der Waals surface area contributed by atoms with E-state index in [1.54, 1.807) is 4.68 Å². The molecule has 1 aromatic rings. The molecule has 1 saturated heterocycles. The number of carbonyl (C=O) groups excluding carboxylic acids is 1. The highest BCUT2D eigenvalue weighted by molar-refractivity contribution is 5.95. The Morgan fingerprint density at radius 2 is 2.00 bits per heavy atom. The van der Waals surface area contributed by atoms with Gasteiger partial charge in [0.25, 0.3) is 5.91 Å². The number of hydrogen-bond acceptors (Lipinski definition) is 4. The number of aromatic nitrogens is 2. The fraction of sp³-hybridized carbons (Fsp3) is 0.789. The van der Waals surface area contributed by atoms with Crippen LogP contribution in [0.2, 0.25) is 0 Å². The molecule has 1 saturated carbocycles. The van der Waals surface area contributed by atoms with Crippen LogP contribution >= 0.6 is 0 Å². The number of piperidine rings is 1. The molecule has 0 radical (unpaired) electrons. The third kappa shape index (κ3) is 4.61. The summed E-state index contributed by atoms with van der Waals surface area (Å²) in [4.78, 5) is 14.9. The molecule has 0 unspecified atom stereocenters. The minimum Gasteiger partial charge on any atom is -0.389 e. The molecular weight excluding hydrogens is 316 g/mol. The van der Waals surface area contributed by atoms with Crippen LogP contribution in [0.25, 0.3) is 0 Å².